The predicted octanol–water partition coefficient (Wildman–Crippen LogP) is 2.79. The number of amides is 1. The highest BCUT2D eigenvalue weighted by atomic mass is 19.2. The largest absolute Gasteiger partial charge is 0.399 e. The van der Waals surface area contributed by atoms with Crippen molar-refractivity contribution in [2.24, 2.45) is 0 Å². The minimum absolute atomic E-state index is 0.137. The van der Waals surface area contributed by atoms with Crippen molar-refractivity contribution in [3.63, 3.8) is 0 Å². The van der Waals surface area contributed by atoms with E-state index in [1.54, 1.807) is 0 Å². The molecule has 0 aliphatic heterocycles. The number of hydrogen-bond donors (Lipinski definition) is 3. The normalized spacial score (nSPS) is 10.3. The molecule has 0 aromatic heterocycles. The molecule has 4 nitrogen and oxygen atoms in total. The number of hydrogen-bond acceptors (Lipinski definition) is 3. The summed E-state index contributed by atoms with van der Waals surface area (Å²) < 4.78 is 40.0. The van der Waals surface area contributed by atoms with E-state index in [0.717, 1.165) is 6.07 Å². The number of halogens is 3. The first-order valence-electron chi connectivity index (χ1n) is 5.95. The average molecular weight is 295 g/mol. The molecule has 2 rings (SSSR count). The van der Waals surface area contributed by atoms with Gasteiger partial charge in [-0.1, -0.05) is 0 Å². The summed E-state index contributed by atoms with van der Waals surface area (Å²) in [6, 6.07) is 5.49. The molecule has 0 saturated heterocycles. The summed E-state index contributed by atoms with van der Waals surface area (Å²) in [5.74, 6) is -3.97. The van der Waals surface area contributed by atoms with Crippen LogP contribution in [0.4, 0.5) is 30.2 Å². The van der Waals surface area contributed by atoms with E-state index in [-0.39, 0.29) is 11.3 Å². The molecular formula is C14H12F3N3O. The third kappa shape index (κ3) is 3.07. The second kappa shape index (κ2) is 5.74. The maximum absolute atomic E-state index is 13.6. The van der Waals surface area contributed by atoms with Crippen molar-refractivity contribution in [2.75, 3.05) is 18.1 Å². The van der Waals surface area contributed by atoms with Gasteiger partial charge in [0.15, 0.2) is 11.6 Å². The van der Waals surface area contributed by atoms with Crippen LogP contribution >= 0.6 is 0 Å². The molecule has 0 heterocycles. The van der Waals surface area contributed by atoms with Crippen LogP contribution in [0.1, 0.15) is 10.4 Å². The molecule has 1 amide bonds. The summed E-state index contributed by atoms with van der Waals surface area (Å²) in [5.41, 5.74) is 5.79. The molecular weight excluding hydrogens is 283 g/mol. The van der Waals surface area contributed by atoms with Crippen molar-refractivity contribution >= 4 is 23.0 Å². The van der Waals surface area contributed by atoms with E-state index in [1.807, 2.05) is 0 Å². The van der Waals surface area contributed by atoms with Crippen LogP contribution in [0.3, 0.4) is 0 Å². The summed E-state index contributed by atoms with van der Waals surface area (Å²) >= 11 is 0. The summed E-state index contributed by atoms with van der Waals surface area (Å²) in [7, 11) is 1.42. The summed E-state index contributed by atoms with van der Waals surface area (Å²) in [6.07, 6.45) is 0. The second-order valence-corrected chi connectivity index (χ2v) is 4.26. The van der Waals surface area contributed by atoms with E-state index in [1.165, 1.54) is 25.2 Å². The molecule has 7 heteroatoms. The van der Waals surface area contributed by atoms with Crippen LogP contribution in [0.2, 0.25) is 0 Å². The van der Waals surface area contributed by atoms with Crippen LogP contribution in [0.5, 0.6) is 0 Å². The van der Waals surface area contributed by atoms with Crippen molar-refractivity contribution < 1.29 is 18.0 Å². The second-order valence-electron chi connectivity index (χ2n) is 4.26. The number of anilines is 3. The fourth-order valence-electron chi connectivity index (χ4n) is 1.79. The van der Waals surface area contributed by atoms with E-state index >= 15 is 0 Å². The lowest BCUT2D eigenvalue weighted by molar-refractivity contribution is 0.0964. The summed E-state index contributed by atoms with van der Waals surface area (Å²) in [6.45, 7) is 0. The maximum atomic E-state index is 13.6. The van der Waals surface area contributed by atoms with Gasteiger partial charge >= 0.3 is 0 Å². The quantitative estimate of drug-likeness (QED) is 0.602. The van der Waals surface area contributed by atoms with E-state index in [2.05, 4.69) is 10.6 Å². The van der Waals surface area contributed by atoms with Crippen molar-refractivity contribution in [3.05, 3.63) is 53.3 Å². The predicted molar refractivity (Wildman–Crippen MR) is 73.8 cm³/mol. The molecule has 2 aromatic carbocycles. The Hall–Kier alpha value is -2.70. The van der Waals surface area contributed by atoms with E-state index in [4.69, 9.17) is 5.73 Å². The summed E-state index contributed by atoms with van der Waals surface area (Å²) in [5, 5.41) is 4.89. The Balaban J connectivity index is 2.49. The van der Waals surface area contributed by atoms with Crippen LogP contribution in [0, 0.1) is 17.5 Å². The van der Waals surface area contributed by atoms with Crippen LogP contribution < -0.4 is 16.4 Å². The molecule has 0 bridgehead atoms. The van der Waals surface area contributed by atoms with Crippen molar-refractivity contribution in [1.29, 1.82) is 0 Å². The lowest BCUT2D eigenvalue weighted by Gasteiger charge is -2.13. The van der Waals surface area contributed by atoms with Crippen LogP contribution in [0.15, 0.2) is 30.3 Å². The van der Waals surface area contributed by atoms with Crippen molar-refractivity contribution in [2.45, 2.75) is 0 Å². The highest BCUT2D eigenvalue weighted by molar-refractivity contribution is 6.00. The molecule has 21 heavy (non-hydrogen) atoms. The molecule has 0 aliphatic carbocycles. The number of nitrogen functional groups attached to an aromatic ring is 1. The zero-order valence-electron chi connectivity index (χ0n) is 11.0. The molecule has 0 fully saturated rings. The highest BCUT2D eigenvalue weighted by Crippen LogP contribution is 2.27. The Kier molecular flexibility index (Phi) is 4.02. The highest BCUT2D eigenvalue weighted by Gasteiger charge is 2.15. The van der Waals surface area contributed by atoms with E-state index < -0.39 is 29.0 Å². The minimum Gasteiger partial charge on any atom is -0.399 e. The zero-order valence-corrected chi connectivity index (χ0v) is 11.0. The van der Waals surface area contributed by atoms with Gasteiger partial charge in [-0.15, -0.1) is 0 Å². The van der Waals surface area contributed by atoms with Gasteiger partial charge in [0.2, 0.25) is 0 Å². The van der Waals surface area contributed by atoms with Gasteiger partial charge < -0.3 is 16.4 Å². The Morgan fingerprint density at radius 2 is 1.81 bits per heavy atom. The Morgan fingerprint density at radius 3 is 2.48 bits per heavy atom. The molecule has 0 spiro atoms. The fraction of sp³-hybridized carbons (Fsp3) is 0.0714. The molecule has 0 saturated carbocycles. The first-order chi connectivity index (χ1) is 9.92. The van der Waals surface area contributed by atoms with Gasteiger partial charge in [-0.2, -0.15) is 0 Å². The Morgan fingerprint density at radius 1 is 1.10 bits per heavy atom. The first kappa shape index (κ1) is 14.7. The third-order valence-electron chi connectivity index (χ3n) is 2.78. The molecule has 0 atom stereocenters. The Bertz CT molecular complexity index is 704. The third-order valence-corrected chi connectivity index (χ3v) is 2.78. The molecule has 0 radical (unpaired) electrons. The van der Waals surface area contributed by atoms with Crippen LogP contribution in [-0.4, -0.2) is 13.0 Å². The summed E-state index contributed by atoms with van der Waals surface area (Å²) in [4.78, 5) is 11.7. The number of carbonyl (C=O) groups excluding carboxylic acids is 1. The maximum Gasteiger partial charge on any atom is 0.253 e. The van der Waals surface area contributed by atoms with Gasteiger partial charge in [0.1, 0.15) is 5.82 Å². The van der Waals surface area contributed by atoms with Gasteiger partial charge in [-0.25, -0.2) is 13.2 Å². The number of carbonyl (C=O) groups is 1. The Labute approximate surface area is 118 Å². The molecule has 2 aromatic rings. The zero-order chi connectivity index (χ0) is 15.6. The van der Waals surface area contributed by atoms with Gasteiger partial charge in [0.25, 0.3) is 5.91 Å². The number of nitrogens with one attached hydrogen (secondary N) is 2. The average Bonchev–Trinajstić information content (AvgIpc) is 2.43. The topological polar surface area (TPSA) is 67.2 Å². The van der Waals surface area contributed by atoms with Gasteiger partial charge in [-0.05, 0) is 18.2 Å². The van der Waals surface area contributed by atoms with E-state index in [9.17, 15) is 18.0 Å². The smallest absolute Gasteiger partial charge is 0.253 e. The molecule has 0 unspecified atom stereocenters. The fourth-order valence-corrected chi connectivity index (χ4v) is 1.79. The number of nitrogens with two attached hydrogens (primary N) is 1. The standard InChI is InChI=1S/C14H12F3N3O/c1-19-14(21)9-3-2-8(18)6-11(9)20-12-5-7(15)4-10(16)13(12)17/h2-6,20H,18H2,1H3,(H,19,21). The number of rotatable bonds is 3. The van der Waals surface area contributed by atoms with Crippen molar-refractivity contribution in [1.82, 2.24) is 5.32 Å². The van der Waals surface area contributed by atoms with Gasteiger partial charge in [0, 0.05) is 24.9 Å². The lowest BCUT2D eigenvalue weighted by Crippen LogP contribution is -2.19. The number of benzene rings is 2. The molecule has 0 aliphatic rings. The van der Waals surface area contributed by atoms with Crippen molar-refractivity contribution in [3.8, 4) is 0 Å². The first-order valence-corrected chi connectivity index (χ1v) is 5.95. The lowest BCUT2D eigenvalue weighted by atomic mass is 10.1. The van der Waals surface area contributed by atoms with Crippen LogP contribution in [-0.2, 0) is 0 Å². The van der Waals surface area contributed by atoms with Gasteiger partial charge in [-0.3, -0.25) is 4.79 Å². The van der Waals surface area contributed by atoms with Gasteiger partial charge in [0.05, 0.1) is 16.9 Å². The van der Waals surface area contributed by atoms with Crippen LogP contribution in [0.25, 0.3) is 0 Å². The van der Waals surface area contributed by atoms with E-state index in [0.29, 0.717) is 11.8 Å². The molecule has 4 N–H and O–H groups in total. The SMILES string of the molecule is CNC(=O)c1ccc(N)cc1Nc1cc(F)cc(F)c1F. The minimum atomic E-state index is -1.33. The monoisotopic (exact) mass is 295 g/mol. The molecule has 110 valence electrons.